The Bertz CT molecular complexity index is 368. The average molecular weight is 264 g/mol. The lowest BCUT2D eigenvalue weighted by Crippen LogP contribution is -2.39. The van der Waals surface area contributed by atoms with Crippen LogP contribution in [0.2, 0.25) is 0 Å². The molecule has 1 atom stereocenters. The molecule has 1 saturated heterocycles. The number of rotatable bonds is 6. The summed E-state index contributed by atoms with van der Waals surface area (Å²) < 4.78 is 5.43. The van der Waals surface area contributed by atoms with Gasteiger partial charge in [-0.2, -0.15) is 0 Å². The molecule has 0 spiro atoms. The van der Waals surface area contributed by atoms with Crippen LogP contribution < -0.4 is 10.2 Å². The largest absolute Gasteiger partial charge is 0.380 e. The van der Waals surface area contributed by atoms with Crippen molar-refractivity contribution < 1.29 is 4.74 Å². The van der Waals surface area contributed by atoms with Gasteiger partial charge in [-0.1, -0.05) is 6.92 Å². The number of ether oxygens (including phenoxy) is 1. The number of hydrogen-bond donors (Lipinski definition) is 1. The molecule has 19 heavy (non-hydrogen) atoms. The van der Waals surface area contributed by atoms with Crippen LogP contribution >= 0.6 is 0 Å². The number of piperidine rings is 1. The van der Waals surface area contributed by atoms with Crippen molar-refractivity contribution in [2.24, 2.45) is 0 Å². The fourth-order valence-corrected chi connectivity index (χ4v) is 2.33. The molecule has 0 bridgehead atoms. The number of aromatic nitrogens is 2. The third-order valence-corrected chi connectivity index (χ3v) is 3.46. The van der Waals surface area contributed by atoms with Gasteiger partial charge in [-0.25, -0.2) is 4.98 Å². The first-order valence-corrected chi connectivity index (χ1v) is 7.13. The van der Waals surface area contributed by atoms with Crippen LogP contribution in [0.25, 0.3) is 0 Å². The van der Waals surface area contributed by atoms with E-state index in [4.69, 9.17) is 4.74 Å². The van der Waals surface area contributed by atoms with Crippen molar-refractivity contribution in [1.82, 2.24) is 15.3 Å². The highest BCUT2D eigenvalue weighted by molar-refractivity contribution is 5.36. The van der Waals surface area contributed by atoms with Crippen molar-refractivity contribution >= 4 is 5.82 Å². The van der Waals surface area contributed by atoms with E-state index in [2.05, 4.69) is 27.1 Å². The van der Waals surface area contributed by atoms with Crippen LogP contribution in [0.3, 0.4) is 0 Å². The van der Waals surface area contributed by atoms with E-state index in [1.807, 2.05) is 12.4 Å². The second-order valence-electron chi connectivity index (χ2n) is 4.99. The van der Waals surface area contributed by atoms with Crippen LogP contribution in [0.15, 0.2) is 12.4 Å². The highest BCUT2D eigenvalue weighted by Crippen LogP contribution is 2.18. The maximum Gasteiger partial charge on any atom is 0.147 e. The number of nitrogens with zero attached hydrogens (tertiary/aromatic N) is 3. The fraction of sp³-hybridized carbons (Fsp3) is 0.714. The Morgan fingerprint density at radius 1 is 1.42 bits per heavy atom. The summed E-state index contributed by atoms with van der Waals surface area (Å²) in [6.45, 7) is 5.93. The number of hydrogen-bond acceptors (Lipinski definition) is 5. The Kier molecular flexibility index (Phi) is 5.54. The summed E-state index contributed by atoms with van der Waals surface area (Å²) >= 11 is 0. The molecule has 1 N–H and O–H groups in total. The summed E-state index contributed by atoms with van der Waals surface area (Å²) in [7, 11) is 1.78. The van der Waals surface area contributed by atoms with Gasteiger partial charge in [-0.05, 0) is 25.8 Å². The molecular weight excluding hydrogens is 240 g/mol. The number of nitrogens with one attached hydrogen (secondary N) is 1. The quantitative estimate of drug-likeness (QED) is 0.791. The molecule has 0 amide bonds. The zero-order chi connectivity index (χ0) is 13.5. The molecule has 5 nitrogen and oxygen atoms in total. The zero-order valence-electron chi connectivity index (χ0n) is 11.9. The van der Waals surface area contributed by atoms with Gasteiger partial charge in [-0.15, -0.1) is 0 Å². The zero-order valence-corrected chi connectivity index (χ0v) is 11.9. The van der Waals surface area contributed by atoms with Crippen LogP contribution in [-0.4, -0.2) is 42.8 Å². The van der Waals surface area contributed by atoms with Gasteiger partial charge in [0.1, 0.15) is 5.82 Å². The summed E-state index contributed by atoms with van der Waals surface area (Å²) in [5, 5.41) is 3.33. The lowest BCUT2D eigenvalue weighted by atomic mass is 10.1. The highest BCUT2D eigenvalue weighted by Gasteiger charge is 2.20. The highest BCUT2D eigenvalue weighted by atomic mass is 16.5. The fourth-order valence-electron chi connectivity index (χ4n) is 2.33. The van der Waals surface area contributed by atoms with Gasteiger partial charge in [-0.3, -0.25) is 4.98 Å². The molecule has 1 aliphatic heterocycles. The second-order valence-corrected chi connectivity index (χ2v) is 4.99. The first kappa shape index (κ1) is 14.2. The molecule has 0 saturated carbocycles. The van der Waals surface area contributed by atoms with E-state index in [0.29, 0.717) is 6.10 Å². The molecule has 0 radical (unpaired) electrons. The maximum atomic E-state index is 5.43. The lowest BCUT2D eigenvalue weighted by Gasteiger charge is -2.32. The van der Waals surface area contributed by atoms with Gasteiger partial charge in [0.2, 0.25) is 0 Å². The minimum Gasteiger partial charge on any atom is -0.380 e. The molecule has 1 fully saturated rings. The predicted molar refractivity (Wildman–Crippen MR) is 76.3 cm³/mol. The topological polar surface area (TPSA) is 50.3 Å². The van der Waals surface area contributed by atoms with E-state index in [-0.39, 0.29) is 0 Å². The minimum atomic E-state index is 0.321. The van der Waals surface area contributed by atoms with E-state index in [1.165, 1.54) is 0 Å². The molecule has 1 aromatic heterocycles. The Morgan fingerprint density at radius 2 is 2.32 bits per heavy atom. The third kappa shape index (κ3) is 4.14. The van der Waals surface area contributed by atoms with Gasteiger partial charge in [0.25, 0.3) is 0 Å². The summed E-state index contributed by atoms with van der Waals surface area (Å²) in [5.74, 6) is 0.959. The van der Waals surface area contributed by atoms with Gasteiger partial charge >= 0.3 is 0 Å². The van der Waals surface area contributed by atoms with Crippen LogP contribution in [0.4, 0.5) is 5.82 Å². The lowest BCUT2D eigenvalue weighted by molar-refractivity contribution is 0.0891. The molecule has 1 aromatic rings. The van der Waals surface area contributed by atoms with Gasteiger partial charge in [0, 0.05) is 26.7 Å². The summed E-state index contributed by atoms with van der Waals surface area (Å²) in [6, 6.07) is 0. The van der Waals surface area contributed by atoms with Crippen LogP contribution in [0, 0.1) is 0 Å². The number of anilines is 1. The minimum absolute atomic E-state index is 0.321. The van der Waals surface area contributed by atoms with Gasteiger partial charge in [0.15, 0.2) is 0 Å². The van der Waals surface area contributed by atoms with Crippen molar-refractivity contribution in [3.05, 3.63) is 18.1 Å². The first-order chi connectivity index (χ1) is 9.33. The van der Waals surface area contributed by atoms with Crippen LogP contribution in [0.1, 0.15) is 31.9 Å². The van der Waals surface area contributed by atoms with Crippen molar-refractivity contribution in [3.8, 4) is 0 Å². The first-order valence-electron chi connectivity index (χ1n) is 7.13. The smallest absolute Gasteiger partial charge is 0.147 e. The summed E-state index contributed by atoms with van der Waals surface area (Å²) in [5.41, 5.74) is 0.998. The van der Waals surface area contributed by atoms with Crippen molar-refractivity contribution in [1.29, 1.82) is 0 Å². The monoisotopic (exact) mass is 264 g/mol. The van der Waals surface area contributed by atoms with E-state index in [9.17, 15) is 0 Å². The molecule has 1 unspecified atom stereocenters. The van der Waals surface area contributed by atoms with E-state index >= 15 is 0 Å². The van der Waals surface area contributed by atoms with Gasteiger partial charge < -0.3 is 15.0 Å². The number of methoxy groups -OCH3 is 1. The molecule has 2 heterocycles. The Morgan fingerprint density at radius 3 is 3.00 bits per heavy atom. The normalized spacial score (nSPS) is 19.7. The maximum absolute atomic E-state index is 5.43. The molecular formula is C14H24N4O. The Labute approximate surface area is 115 Å². The van der Waals surface area contributed by atoms with E-state index in [1.54, 1.807) is 7.11 Å². The van der Waals surface area contributed by atoms with Crippen molar-refractivity contribution in [2.75, 3.05) is 31.6 Å². The molecule has 1 aliphatic rings. The summed E-state index contributed by atoms with van der Waals surface area (Å²) in [4.78, 5) is 11.2. The Hall–Kier alpha value is -1.20. The van der Waals surface area contributed by atoms with Gasteiger partial charge in [0.05, 0.1) is 24.2 Å². The Balaban J connectivity index is 1.90. The summed E-state index contributed by atoms with van der Waals surface area (Å²) in [6.07, 6.45) is 7.49. The van der Waals surface area contributed by atoms with E-state index in [0.717, 1.165) is 57.0 Å². The SMILES string of the molecule is CCCNCc1cnc(N2CCCC(OC)C2)cn1. The van der Waals surface area contributed by atoms with Crippen molar-refractivity contribution in [2.45, 2.75) is 38.8 Å². The van der Waals surface area contributed by atoms with Crippen LogP contribution in [-0.2, 0) is 11.3 Å². The standard InChI is InChI=1S/C14H24N4O/c1-3-6-15-8-12-9-17-14(10-16-12)18-7-4-5-13(11-18)19-2/h9-10,13,15H,3-8,11H2,1-2H3. The molecule has 106 valence electrons. The van der Waals surface area contributed by atoms with Crippen LogP contribution in [0.5, 0.6) is 0 Å². The molecule has 0 aliphatic carbocycles. The molecule has 5 heteroatoms. The van der Waals surface area contributed by atoms with Crippen molar-refractivity contribution in [3.63, 3.8) is 0 Å². The van der Waals surface area contributed by atoms with E-state index < -0.39 is 0 Å². The second kappa shape index (κ2) is 7.40. The average Bonchev–Trinajstić information content (AvgIpc) is 2.48. The third-order valence-electron chi connectivity index (χ3n) is 3.46. The predicted octanol–water partition coefficient (Wildman–Crippen LogP) is 1.59. The molecule has 0 aromatic carbocycles. The molecule has 2 rings (SSSR count).